The third kappa shape index (κ3) is 4.75. The lowest BCUT2D eigenvalue weighted by Crippen LogP contribution is -2.17. The van der Waals surface area contributed by atoms with Gasteiger partial charge in [0.15, 0.2) is 5.16 Å². The second-order valence-corrected chi connectivity index (χ2v) is 5.75. The Morgan fingerprint density at radius 1 is 1.30 bits per heavy atom. The number of hydrogen-bond acceptors (Lipinski definition) is 6. The summed E-state index contributed by atoms with van der Waals surface area (Å²) in [7, 11) is 0. The van der Waals surface area contributed by atoms with Crippen LogP contribution in [0.25, 0.3) is 0 Å². The Labute approximate surface area is 134 Å². The highest BCUT2D eigenvalue weighted by atomic mass is 32.2. The highest BCUT2D eigenvalue weighted by Crippen LogP contribution is 2.34. The second-order valence-electron chi connectivity index (χ2n) is 4.44. The molecule has 2 aromatic rings. The van der Waals surface area contributed by atoms with Crippen LogP contribution in [-0.2, 0) is 0 Å². The van der Waals surface area contributed by atoms with Gasteiger partial charge < -0.3 is 10.5 Å². The van der Waals surface area contributed by atoms with Crippen molar-refractivity contribution in [3.63, 3.8) is 0 Å². The second kappa shape index (κ2) is 6.75. The first kappa shape index (κ1) is 16.9. The van der Waals surface area contributed by atoms with Crippen molar-refractivity contribution in [2.24, 2.45) is 0 Å². The van der Waals surface area contributed by atoms with E-state index in [-0.39, 0.29) is 22.4 Å². The van der Waals surface area contributed by atoms with Crippen LogP contribution in [0.15, 0.2) is 35.6 Å². The summed E-state index contributed by atoms with van der Waals surface area (Å²) in [6.07, 6.45) is -3.38. The highest BCUT2D eigenvalue weighted by molar-refractivity contribution is 7.99. The summed E-state index contributed by atoms with van der Waals surface area (Å²) in [5.74, 6) is -0.191. The predicted octanol–water partition coefficient (Wildman–Crippen LogP) is 3.68. The van der Waals surface area contributed by atoms with Gasteiger partial charge in [0.05, 0.1) is 6.20 Å². The number of nitriles is 1. The van der Waals surface area contributed by atoms with E-state index in [1.54, 1.807) is 0 Å². The molecule has 0 saturated heterocycles. The maximum atomic E-state index is 12.1. The lowest BCUT2D eigenvalue weighted by Gasteiger charge is -2.13. The lowest BCUT2D eigenvalue weighted by molar-refractivity contribution is -0.274. The van der Waals surface area contributed by atoms with Crippen molar-refractivity contribution in [3.05, 3.63) is 41.6 Å². The average molecular weight is 340 g/mol. The molecule has 0 saturated carbocycles. The Bertz CT molecular complexity index is 728. The summed E-state index contributed by atoms with van der Waals surface area (Å²) in [6.45, 7) is 1.85. The molecule has 23 heavy (non-hydrogen) atoms. The van der Waals surface area contributed by atoms with E-state index in [2.05, 4.69) is 14.7 Å². The van der Waals surface area contributed by atoms with Crippen molar-refractivity contribution < 1.29 is 17.9 Å². The van der Waals surface area contributed by atoms with Crippen LogP contribution in [0.4, 0.5) is 19.0 Å². The van der Waals surface area contributed by atoms with Gasteiger partial charge in [0.2, 0.25) is 0 Å². The van der Waals surface area contributed by atoms with E-state index >= 15 is 0 Å². The Balaban J connectivity index is 2.07. The predicted molar refractivity (Wildman–Crippen MR) is 78.6 cm³/mol. The van der Waals surface area contributed by atoms with Gasteiger partial charge in [0, 0.05) is 5.25 Å². The average Bonchev–Trinajstić information content (AvgIpc) is 2.46. The fraction of sp³-hybridized carbons (Fsp3) is 0.214. The van der Waals surface area contributed by atoms with Gasteiger partial charge >= 0.3 is 6.36 Å². The molecule has 0 radical (unpaired) electrons. The van der Waals surface area contributed by atoms with Crippen LogP contribution in [0, 0.1) is 11.3 Å². The minimum Gasteiger partial charge on any atom is -0.406 e. The number of nitrogen functional groups attached to an aromatic ring is 1. The molecule has 1 heterocycles. The van der Waals surface area contributed by atoms with Crippen LogP contribution < -0.4 is 10.5 Å². The molecule has 5 nitrogen and oxygen atoms in total. The van der Waals surface area contributed by atoms with E-state index in [0.717, 1.165) is 5.56 Å². The molecular weight excluding hydrogens is 329 g/mol. The van der Waals surface area contributed by atoms with Gasteiger partial charge in [-0.05, 0) is 24.6 Å². The molecule has 1 aromatic carbocycles. The lowest BCUT2D eigenvalue weighted by atomic mass is 10.2. The van der Waals surface area contributed by atoms with Gasteiger partial charge in [0.1, 0.15) is 23.2 Å². The number of alkyl halides is 3. The van der Waals surface area contributed by atoms with E-state index < -0.39 is 6.36 Å². The minimum atomic E-state index is -4.71. The third-order valence-electron chi connectivity index (χ3n) is 2.78. The summed E-state index contributed by atoms with van der Waals surface area (Å²) in [5.41, 5.74) is 6.58. The third-order valence-corrected chi connectivity index (χ3v) is 3.82. The zero-order chi connectivity index (χ0) is 17.0. The monoisotopic (exact) mass is 340 g/mol. The van der Waals surface area contributed by atoms with Crippen molar-refractivity contribution in [1.82, 2.24) is 9.97 Å². The number of rotatable bonds is 4. The van der Waals surface area contributed by atoms with E-state index in [1.807, 2.05) is 13.0 Å². The fourth-order valence-electron chi connectivity index (χ4n) is 1.69. The first-order chi connectivity index (χ1) is 10.8. The molecule has 1 aromatic heterocycles. The molecule has 0 amide bonds. The zero-order valence-electron chi connectivity index (χ0n) is 11.8. The summed E-state index contributed by atoms with van der Waals surface area (Å²) >= 11 is 1.27. The topological polar surface area (TPSA) is 84.8 Å². The maximum Gasteiger partial charge on any atom is 0.573 e. The molecule has 0 bridgehead atoms. The summed E-state index contributed by atoms with van der Waals surface area (Å²) in [4.78, 5) is 8.03. The molecule has 120 valence electrons. The van der Waals surface area contributed by atoms with Gasteiger partial charge in [-0.15, -0.1) is 13.2 Å². The van der Waals surface area contributed by atoms with Crippen LogP contribution in [-0.4, -0.2) is 16.3 Å². The normalized spacial score (nSPS) is 12.5. The SMILES string of the molecule is C[C@@H](Sc1ncc(C#N)c(N)n1)c1ccc(OC(F)(F)F)cc1. The van der Waals surface area contributed by atoms with E-state index in [1.165, 1.54) is 42.2 Å². The first-order valence-corrected chi connectivity index (χ1v) is 7.21. The number of nitrogens with zero attached hydrogens (tertiary/aromatic N) is 3. The van der Waals surface area contributed by atoms with E-state index in [0.29, 0.717) is 5.16 Å². The van der Waals surface area contributed by atoms with E-state index in [9.17, 15) is 13.2 Å². The molecule has 0 spiro atoms. The van der Waals surface area contributed by atoms with Crippen molar-refractivity contribution in [1.29, 1.82) is 5.26 Å². The molecule has 9 heteroatoms. The van der Waals surface area contributed by atoms with Crippen LogP contribution >= 0.6 is 11.8 Å². The van der Waals surface area contributed by atoms with Crippen LogP contribution in [0.5, 0.6) is 5.75 Å². The minimum absolute atomic E-state index is 0.0890. The molecule has 0 aliphatic carbocycles. The van der Waals surface area contributed by atoms with Crippen molar-refractivity contribution in [2.75, 3.05) is 5.73 Å². The van der Waals surface area contributed by atoms with Crippen LogP contribution in [0.2, 0.25) is 0 Å². The molecule has 0 unspecified atom stereocenters. The maximum absolute atomic E-state index is 12.1. The van der Waals surface area contributed by atoms with Gasteiger partial charge in [-0.3, -0.25) is 0 Å². The van der Waals surface area contributed by atoms with Gasteiger partial charge in [0.25, 0.3) is 0 Å². The Hall–Kier alpha value is -2.47. The number of aromatic nitrogens is 2. The number of anilines is 1. The molecule has 2 rings (SSSR count). The number of thioether (sulfide) groups is 1. The number of benzene rings is 1. The Morgan fingerprint density at radius 2 is 1.96 bits per heavy atom. The van der Waals surface area contributed by atoms with Crippen molar-refractivity contribution in [2.45, 2.75) is 23.7 Å². The first-order valence-electron chi connectivity index (χ1n) is 6.33. The quantitative estimate of drug-likeness (QED) is 0.675. The number of ether oxygens (including phenoxy) is 1. The van der Waals surface area contributed by atoms with Gasteiger partial charge in [-0.1, -0.05) is 23.9 Å². The zero-order valence-corrected chi connectivity index (χ0v) is 12.6. The van der Waals surface area contributed by atoms with Gasteiger partial charge in [-0.25, -0.2) is 9.97 Å². The molecule has 0 aliphatic rings. The standard InChI is InChI=1S/C14H11F3N4OS/c1-8(23-13-20-7-10(6-18)12(19)21-13)9-2-4-11(5-3-9)22-14(15,16)17/h2-5,7-8H,1H3,(H2,19,20,21)/t8-/m1/s1. The Kier molecular flexibility index (Phi) is 4.95. The smallest absolute Gasteiger partial charge is 0.406 e. The largest absolute Gasteiger partial charge is 0.573 e. The Morgan fingerprint density at radius 3 is 2.48 bits per heavy atom. The fourth-order valence-corrected chi connectivity index (χ4v) is 2.56. The number of hydrogen-bond donors (Lipinski definition) is 1. The number of halogens is 3. The van der Waals surface area contributed by atoms with Gasteiger partial charge in [-0.2, -0.15) is 5.26 Å². The van der Waals surface area contributed by atoms with Crippen molar-refractivity contribution >= 4 is 17.6 Å². The summed E-state index contributed by atoms with van der Waals surface area (Å²) in [5, 5.41) is 9.02. The summed E-state index contributed by atoms with van der Waals surface area (Å²) < 4.78 is 40.1. The molecule has 2 N–H and O–H groups in total. The molecule has 1 atom stereocenters. The van der Waals surface area contributed by atoms with E-state index in [4.69, 9.17) is 11.0 Å². The number of nitrogens with two attached hydrogens (primary N) is 1. The van der Waals surface area contributed by atoms with Crippen molar-refractivity contribution in [3.8, 4) is 11.8 Å². The molecular formula is C14H11F3N4OS. The summed E-state index contributed by atoms with van der Waals surface area (Å²) in [6, 6.07) is 7.42. The van der Waals surface area contributed by atoms with Crippen LogP contribution in [0.3, 0.4) is 0 Å². The highest BCUT2D eigenvalue weighted by Gasteiger charge is 2.31. The molecule has 0 aliphatic heterocycles. The molecule has 0 fully saturated rings. The van der Waals surface area contributed by atoms with Crippen LogP contribution in [0.1, 0.15) is 23.3 Å².